The fraction of sp³-hybridized carbons (Fsp3) is 0.0769. The molecule has 2 rings (SSSR count). The van der Waals surface area contributed by atoms with E-state index in [0.717, 1.165) is 5.69 Å². The van der Waals surface area contributed by atoms with Gasteiger partial charge in [0.2, 0.25) is 0 Å². The van der Waals surface area contributed by atoms with Gasteiger partial charge in [0.05, 0.1) is 6.42 Å². The molecule has 80 valence electrons. The summed E-state index contributed by atoms with van der Waals surface area (Å²) < 4.78 is 0. The summed E-state index contributed by atoms with van der Waals surface area (Å²) in [6.07, 6.45) is 1.96. The molecule has 16 heavy (non-hydrogen) atoms. The van der Waals surface area contributed by atoms with Crippen LogP contribution in [0.2, 0.25) is 0 Å². The van der Waals surface area contributed by atoms with Crippen molar-refractivity contribution in [3.63, 3.8) is 0 Å². The van der Waals surface area contributed by atoms with Gasteiger partial charge in [-0.2, -0.15) is 0 Å². The largest absolute Gasteiger partial charge is 0.398 e. The zero-order valence-electron chi connectivity index (χ0n) is 8.76. The van der Waals surface area contributed by atoms with Gasteiger partial charge in [0, 0.05) is 23.1 Å². The summed E-state index contributed by atoms with van der Waals surface area (Å²) in [5.74, 6) is -0.00296. The Morgan fingerprint density at radius 3 is 2.56 bits per heavy atom. The summed E-state index contributed by atoms with van der Waals surface area (Å²) in [4.78, 5) is 16.0. The second-order valence-electron chi connectivity index (χ2n) is 3.51. The fourth-order valence-corrected chi connectivity index (χ4v) is 1.51. The van der Waals surface area contributed by atoms with Gasteiger partial charge < -0.3 is 5.73 Å². The number of ketones is 1. The highest BCUT2D eigenvalue weighted by molar-refractivity contribution is 6.01. The summed E-state index contributed by atoms with van der Waals surface area (Å²) in [6, 6.07) is 12.6. The van der Waals surface area contributed by atoms with Crippen molar-refractivity contribution in [2.45, 2.75) is 6.42 Å². The minimum atomic E-state index is -0.00296. The number of hydrogen-bond donors (Lipinski definition) is 1. The third kappa shape index (κ3) is 2.25. The van der Waals surface area contributed by atoms with Crippen molar-refractivity contribution in [2.24, 2.45) is 0 Å². The molecule has 1 heterocycles. The molecule has 2 aromatic rings. The van der Waals surface area contributed by atoms with Gasteiger partial charge in [-0.15, -0.1) is 0 Å². The van der Waals surface area contributed by atoms with Crippen LogP contribution in [0.3, 0.4) is 0 Å². The first kappa shape index (κ1) is 10.4. The Morgan fingerprint density at radius 2 is 1.88 bits per heavy atom. The molecule has 0 aliphatic heterocycles. The first-order chi connectivity index (χ1) is 7.77. The predicted octanol–water partition coefficient (Wildman–Crippen LogP) is 2.09. The predicted molar refractivity (Wildman–Crippen MR) is 63.1 cm³/mol. The molecule has 0 saturated heterocycles. The second-order valence-corrected chi connectivity index (χ2v) is 3.51. The Hall–Kier alpha value is -2.16. The number of carbonyl (C=O) groups excluding carboxylic acids is 1. The number of anilines is 1. The van der Waals surface area contributed by atoms with Gasteiger partial charge in [-0.3, -0.25) is 9.78 Å². The first-order valence-electron chi connectivity index (χ1n) is 5.05. The van der Waals surface area contributed by atoms with Crippen molar-refractivity contribution in [3.05, 3.63) is 59.9 Å². The average Bonchev–Trinajstić information content (AvgIpc) is 2.31. The molecule has 0 bridgehead atoms. The lowest BCUT2D eigenvalue weighted by Crippen LogP contribution is -2.07. The van der Waals surface area contributed by atoms with Gasteiger partial charge in [-0.25, -0.2) is 0 Å². The molecule has 0 aliphatic rings. The second kappa shape index (κ2) is 4.57. The average molecular weight is 212 g/mol. The Morgan fingerprint density at radius 1 is 1.12 bits per heavy atom. The van der Waals surface area contributed by atoms with Gasteiger partial charge in [0.25, 0.3) is 0 Å². The van der Waals surface area contributed by atoms with Gasteiger partial charge in [-0.05, 0) is 24.3 Å². The van der Waals surface area contributed by atoms with E-state index in [2.05, 4.69) is 4.98 Å². The number of para-hydroxylation sites is 1. The van der Waals surface area contributed by atoms with Crippen LogP contribution in [-0.4, -0.2) is 10.8 Å². The number of nitrogen functional groups attached to an aromatic ring is 1. The minimum absolute atomic E-state index is 0.00296. The van der Waals surface area contributed by atoms with E-state index in [0.29, 0.717) is 11.3 Å². The third-order valence-corrected chi connectivity index (χ3v) is 2.33. The number of nitrogens with zero attached hydrogens (tertiary/aromatic N) is 1. The van der Waals surface area contributed by atoms with Crippen molar-refractivity contribution >= 4 is 11.5 Å². The van der Waals surface area contributed by atoms with Crippen LogP contribution in [-0.2, 0) is 6.42 Å². The number of Topliss-reactive ketones (excluding diaryl/α,β-unsaturated/α-hetero) is 1. The molecule has 1 aromatic heterocycles. The molecule has 0 saturated carbocycles. The minimum Gasteiger partial charge on any atom is -0.398 e. The molecule has 3 nitrogen and oxygen atoms in total. The molecule has 0 amide bonds. The standard InChI is InChI=1S/C13H12N2O/c14-12-7-2-1-6-11(12)13(16)9-10-5-3-4-8-15-10/h1-8H,9,14H2. The van der Waals surface area contributed by atoms with Crippen LogP contribution in [0.4, 0.5) is 5.69 Å². The lowest BCUT2D eigenvalue weighted by molar-refractivity contribution is 0.0993. The van der Waals surface area contributed by atoms with Crippen LogP contribution in [0.5, 0.6) is 0 Å². The quantitative estimate of drug-likeness (QED) is 0.626. The number of aromatic nitrogens is 1. The fourth-order valence-electron chi connectivity index (χ4n) is 1.51. The van der Waals surface area contributed by atoms with E-state index >= 15 is 0 Å². The van der Waals surface area contributed by atoms with Gasteiger partial charge in [0.1, 0.15) is 0 Å². The van der Waals surface area contributed by atoms with Crippen molar-refractivity contribution in [1.29, 1.82) is 0 Å². The zero-order valence-corrected chi connectivity index (χ0v) is 8.76. The number of pyridine rings is 1. The molecule has 0 spiro atoms. The van der Waals surface area contributed by atoms with Crippen LogP contribution in [0, 0.1) is 0 Å². The molecular weight excluding hydrogens is 200 g/mol. The Balaban J connectivity index is 2.19. The van der Waals surface area contributed by atoms with E-state index in [4.69, 9.17) is 5.73 Å². The van der Waals surface area contributed by atoms with Crippen LogP contribution in [0.25, 0.3) is 0 Å². The number of nitrogens with two attached hydrogens (primary N) is 1. The Labute approximate surface area is 93.9 Å². The van der Waals surface area contributed by atoms with E-state index in [-0.39, 0.29) is 12.2 Å². The van der Waals surface area contributed by atoms with E-state index in [1.807, 2.05) is 30.3 Å². The summed E-state index contributed by atoms with van der Waals surface area (Å²) >= 11 is 0. The lowest BCUT2D eigenvalue weighted by Gasteiger charge is -2.03. The molecule has 0 atom stereocenters. The highest BCUT2D eigenvalue weighted by Crippen LogP contribution is 2.13. The van der Waals surface area contributed by atoms with Gasteiger partial charge >= 0.3 is 0 Å². The summed E-state index contributed by atoms with van der Waals surface area (Å²) in [6.45, 7) is 0. The topological polar surface area (TPSA) is 56.0 Å². The van der Waals surface area contributed by atoms with E-state index in [1.54, 1.807) is 18.3 Å². The molecule has 0 unspecified atom stereocenters. The SMILES string of the molecule is Nc1ccccc1C(=O)Cc1ccccn1. The number of hydrogen-bond acceptors (Lipinski definition) is 3. The maximum absolute atomic E-state index is 11.9. The first-order valence-corrected chi connectivity index (χ1v) is 5.05. The highest BCUT2D eigenvalue weighted by atomic mass is 16.1. The third-order valence-electron chi connectivity index (χ3n) is 2.33. The molecule has 0 aliphatic carbocycles. The van der Waals surface area contributed by atoms with Crippen LogP contribution < -0.4 is 5.73 Å². The maximum atomic E-state index is 11.9. The molecule has 0 fully saturated rings. The van der Waals surface area contributed by atoms with Crippen LogP contribution in [0.15, 0.2) is 48.7 Å². The smallest absolute Gasteiger partial charge is 0.170 e. The van der Waals surface area contributed by atoms with E-state index < -0.39 is 0 Å². The van der Waals surface area contributed by atoms with E-state index in [1.165, 1.54) is 0 Å². The van der Waals surface area contributed by atoms with Crippen molar-refractivity contribution in [2.75, 3.05) is 5.73 Å². The summed E-state index contributed by atoms with van der Waals surface area (Å²) in [5.41, 5.74) is 7.57. The highest BCUT2D eigenvalue weighted by Gasteiger charge is 2.09. The molecule has 1 aromatic carbocycles. The molecule has 2 N–H and O–H groups in total. The lowest BCUT2D eigenvalue weighted by atomic mass is 10.0. The van der Waals surface area contributed by atoms with Crippen molar-refractivity contribution in [1.82, 2.24) is 4.98 Å². The number of carbonyl (C=O) groups is 1. The molecule has 3 heteroatoms. The van der Waals surface area contributed by atoms with Gasteiger partial charge in [0.15, 0.2) is 5.78 Å². The maximum Gasteiger partial charge on any atom is 0.170 e. The number of rotatable bonds is 3. The van der Waals surface area contributed by atoms with Gasteiger partial charge in [-0.1, -0.05) is 18.2 Å². The zero-order chi connectivity index (χ0) is 11.4. The van der Waals surface area contributed by atoms with Crippen molar-refractivity contribution in [3.8, 4) is 0 Å². The summed E-state index contributed by atoms with van der Waals surface area (Å²) in [7, 11) is 0. The Kier molecular flexibility index (Phi) is 2.96. The van der Waals surface area contributed by atoms with E-state index in [9.17, 15) is 4.79 Å². The Bertz CT molecular complexity index is 494. The monoisotopic (exact) mass is 212 g/mol. The summed E-state index contributed by atoms with van der Waals surface area (Å²) in [5, 5.41) is 0. The van der Waals surface area contributed by atoms with Crippen LogP contribution in [0.1, 0.15) is 16.1 Å². The van der Waals surface area contributed by atoms with Crippen LogP contribution >= 0.6 is 0 Å². The number of benzene rings is 1. The molecular formula is C13H12N2O. The molecule has 0 radical (unpaired) electrons. The van der Waals surface area contributed by atoms with Crippen molar-refractivity contribution < 1.29 is 4.79 Å². The normalized spacial score (nSPS) is 10.0.